The summed E-state index contributed by atoms with van der Waals surface area (Å²) in [6, 6.07) is 11.2. The fourth-order valence-electron chi connectivity index (χ4n) is 2.89. The molecule has 29 heavy (non-hydrogen) atoms. The number of nitrogens with zero attached hydrogens (tertiary/aromatic N) is 1. The Balaban J connectivity index is 1.63. The predicted octanol–water partition coefficient (Wildman–Crippen LogP) is 5.53. The number of ketones is 1. The number of ether oxygens (including phenoxy) is 2. The van der Waals surface area contributed by atoms with Crippen molar-refractivity contribution in [3.05, 3.63) is 92.9 Å². The lowest BCUT2D eigenvalue weighted by Gasteiger charge is -2.10. The zero-order chi connectivity index (χ0) is 20.5. The Morgan fingerprint density at radius 2 is 1.86 bits per heavy atom. The summed E-state index contributed by atoms with van der Waals surface area (Å²) < 4.78 is 11.3. The number of pyridine rings is 1. The Morgan fingerprint density at radius 1 is 1.10 bits per heavy atom. The topological polar surface area (TPSA) is 65.5 Å². The number of Topliss-reactive ketones (excluding diaryl/α,β-unsaturated/α-hetero) is 1. The summed E-state index contributed by atoms with van der Waals surface area (Å²) >= 11 is 12.1. The van der Waals surface area contributed by atoms with Crippen molar-refractivity contribution in [2.24, 2.45) is 0 Å². The maximum Gasteiger partial charge on any atom is 0.343 e. The first-order chi connectivity index (χ1) is 13.9. The van der Waals surface area contributed by atoms with E-state index in [0.29, 0.717) is 43.8 Å². The minimum atomic E-state index is -0.525. The lowest BCUT2D eigenvalue weighted by atomic mass is 10.1. The number of carbonyl (C=O) groups is 2. The van der Waals surface area contributed by atoms with Crippen LogP contribution in [-0.2, 0) is 0 Å². The summed E-state index contributed by atoms with van der Waals surface area (Å²) in [5, 5.41) is 0.900. The number of benzene rings is 2. The fourth-order valence-corrected chi connectivity index (χ4v) is 3.35. The Kier molecular flexibility index (Phi) is 5.09. The van der Waals surface area contributed by atoms with Crippen molar-refractivity contribution in [3.63, 3.8) is 0 Å². The van der Waals surface area contributed by atoms with Gasteiger partial charge in [0, 0.05) is 28.0 Å². The van der Waals surface area contributed by atoms with Gasteiger partial charge >= 0.3 is 5.97 Å². The van der Waals surface area contributed by atoms with Gasteiger partial charge in [0.25, 0.3) is 0 Å². The van der Waals surface area contributed by atoms with E-state index in [2.05, 4.69) is 4.98 Å². The lowest BCUT2D eigenvalue weighted by Crippen LogP contribution is -2.09. The highest BCUT2D eigenvalue weighted by Crippen LogP contribution is 2.40. The van der Waals surface area contributed by atoms with E-state index in [0.717, 1.165) is 0 Å². The van der Waals surface area contributed by atoms with E-state index in [-0.39, 0.29) is 11.5 Å². The highest BCUT2D eigenvalue weighted by Gasteiger charge is 2.30. The van der Waals surface area contributed by atoms with Crippen LogP contribution in [0.5, 0.6) is 11.5 Å². The summed E-state index contributed by atoms with van der Waals surface area (Å²) in [4.78, 5) is 28.9. The second-order valence-electron chi connectivity index (χ2n) is 6.30. The number of fused-ring (bicyclic) bond motifs is 1. The van der Waals surface area contributed by atoms with Crippen LogP contribution in [0.3, 0.4) is 0 Å². The minimum absolute atomic E-state index is 0.130. The Morgan fingerprint density at radius 3 is 2.59 bits per heavy atom. The van der Waals surface area contributed by atoms with Crippen LogP contribution in [0.4, 0.5) is 0 Å². The molecule has 144 valence electrons. The molecule has 0 saturated heterocycles. The molecule has 2 aromatic carbocycles. The molecule has 5 nitrogen and oxygen atoms in total. The fraction of sp³-hybridized carbons (Fsp3) is 0.0455. The Labute approximate surface area is 176 Å². The molecule has 0 amide bonds. The molecule has 0 saturated carbocycles. The standard InChI is InChI=1S/C22H13Cl2NO4/c1-12-18(29-22(27)13-6-8-25-9-7-13)5-4-16-20(26)19(28-21(12)16)10-14-2-3-15(23)11-17(14)24/h2-11H,1H3/b19-10-. The molecule has 0 aliphatic carbocycles. The van der Waals surface area contributed by atoms with E-state index in [9.17, 15) is 9.59 Å². The van der Waals surface area contributed by atoms with Crippen LogP contribution in [0.15, 0.2) is 60.6 Å². The number of rotatable bonds is 3. The maximum atomic E-state index is 12.7. The van der Waals surface area contributed by atoms with Gasteiger partial charge in [0.15, 0.2) is 5.76 Å². The number of carbonyl (C=O) groups excluding carboxylic acids is 2. The molecule has 4 rings (SSSR count). The molecule has 0 fully saturated rings. The van der Waals surface area contributed by atoms with Crippen molar-refractivity contribution < 1.29 is 19.1 Å². The van der Waals surface area contributed by atoms with Gasteiger partial charge in [-0.15, -0.1) is 0 Å². The molecule has 0 spiro atoms. The summed E-state index contributed by atoms with van der Waals surface area (Å²) in [7, 11) is 0. The van der Waals surface area contributed by atoms with Crippen LogP contribution in [0, 0.1) is 6.92 Å². The molecule has 0 N–H and O–H groups in total. The van der Waals surface area contributed by atoms with Gasteiger partial charge < -0.3 is 9.47 Å². The van der Waals surface area contributed by atoms with Gasteiger partial charge in [-0.2, -0.15) is 0 Å². The highest BCUT2D eigenvalue weighted by atomic mass is 35.5. The molecule has 2 heterocycles. The van der Waals surface area contributed by atoms with Gasteiger partial charge in [0.2, 0.25) is 5.78 Å². The summed E-state index contributed by atoms with van der Waals surface area (Å²) in [5.74, 6) is -0.00922. The monoisotopic (exact) mass is 425 g/mol. The number of hydrogen-bond donors (Lipinski definition) is 0. The van der Waals surface area contributed by atoms with Crippen molar-refractivity contribution in [3.8, 4) is 11.5 Å². The van der Waals surface area contributed by atoms with Crippen molar-refractivity contribution in [2.75, 3.05) is 0 Å². The molecule has 1 aliphatic rings. The molecule has 1 aromatic heterocycles. The normalized spacial score (nSPS) is 13.9. The smallest absolute Gasteiger partial charge is 0.343 e. The molecule has 0 bridgehead atoms. The van der Waals surface area contributed by atoms with E-state index in [1.807, 2.05) is 0 Å². The number of halogens is 2. The average molecular weight is 426 g/mol. The lowest BCUT2D eigenvalue weighted by molar-refractivity contribution is 0.0733. The van der Waals surface area contributed by atoms with E-state index < -0.39 is 5.97 Å². The predicted molar refractivity (Wildman–Crippen MR) is 110 cm³/mol. The van der Waals surface area contributed by atoms with Crippen molar-refractivity contribution in [1.29, 1.82) is 0 Å². The SMILES string of the molecule is Cc1c(OC(=O)c2ccncc2)ccc2c1O/C(=C\c1ccc(Cl)cc1Cl)C2=O. The summed E-state index contributed by atoms with van der Waals surface area (Å²) in [6.45, 7) is 1.72. The van der Waals surface area contributed by atoms with Crippen molar-refractivity contribution >= 4 is 41.0 Å². The summed E-state index contributed by atoms with van der Waals surface area (Å²) in [6.07, 6.45) is 4.57. The molecular weight excluding hydrogens is 413 g/mol. The Hall–Kier alpha value is -3.15. The molecule has 3 aromatic rings. The average Bonchev–Trinajstić information content (AvgIpc) is 3.03. The second kappa shape index (κ2) is 7.70. The molecule has 0 radical (unpaired) electrons. The van der Waals surface area contributed by atoms with Gasteiger partial charge in [-0.3, -0.25) is 9.78 Å². The van der Waals surface area contributed by atoms with E-state index in [4.69, 9.17) is 32.7 Å². The van der Waals surface area contributed by atoms with Crippen LogP contribution < -0.4 is 9.47 Å². The van der Waals surface area contributed by atoms with Crippen LogP contribution in [-0.4, -0.2) is 16.7 Å². The van der Waals surface area contributed by atoms with E-state index in [1.165, 1.54) is 12.4 Å². The highest BCUT2D eigenvalue weighted by molar-refractivity contribution is 6.35. The first-order valence-corrected chi connectivity index (χ1v) is 9.35. The minimum Gasteiger partial charge on any atom is -0.452 e. The number of aromatic nitrogens is 1. The largest absolute Gasteiger partial charge is 0.452 e. The molecular formula is C22H13Cl2NO4. The zero-order valence-electron chi connectivity index (χ0n) is 15.1. The molecule has 0 unspecified atom stereocenters. The van der Waals surface area contributed by atoms with Crippen LogP contribution in [0.25, 0.3) is 6.08 Å². The first-order valence-electron chi connectivity index (χ1n) is 8.59. The third kappa shape index (κ3) is 3.75. The maximum absolute atomic E-state index is 12.7. The number of hydrogen-bond acceptors (Lipinski definition) is 5. The third-order valence-electron chi connectivity index (χ3n) is 4.40. The van der Waals surface area contributed by atoms with Crippen LogP contribution in [0.2, 0.25) is 10.0 Å². The van der Waals surface area contributed by atoms with Crippen LogP contribution in [0.1, 0.15) is 31.8 Å². The Bertz CT molecular complexity index is 1170. The second-order valence-corrected chi connectivity index (χ2v) is 7.14. The van der Waals surface area contributed by atoms with Crippen LogP contribution >= 0.6 is 23.2 Å². The number of esters is 1. The molecule has 1 aliphatic heterocycles. The van der Waals surface area contributed by atoms with Gasteiger partial charge in [0.05, 0.1) is 11.1 Å². The van der Waals surface area contributed by atoms with Gasteiger partial charge in [0.1, 0.15) is 11.5 Å². The van der Waals surface area contributed by atoms with Gasteiger partial charge in [-0.25, -0.2) is 4.79 Å². The van der Waals surface area contributed by atoms with Gasteiger partial charge in [-0.05, 0) is 55.0 Å². The third-order valence-corrected chi connectivity index (χ3v) is 4.97. The quantitative estimate of drug-likeness (QED) is 0.313. The first kappa shape index (κ1) is 19.2. The summed E-state index contributed by atoms with van der Waals surface area (Å²) in [5.41, 5.74) is 1.91. The molecule has 7 heteroatoms. The van der Waals surface area contributed by atoms with Crippen molar-refractivity contribution in [2.45, 2.75) is 6.92 Å². The van der Waals surface area contributed by atoms with Crippen molar-refractivity contribution in [1.82, 2.24) is 4.98 Å². The van der Waals surface area contributed by atoms with E-state index in [1.54, 1.807) is 55.5 Å². The van der Waals surface area contributed by atoms with E-state index >= 15 is 0 Å². The van der Waals surface area contributed by atoms with Gasteiger partial charge in [-0.1, -0.05) is 29.3 Å². The zero-order valence-corrected chi connectivity index (χ0v) is 16.6. The number of allylic oxidation sites excluding steroid dienone is 1. The molecule has 0 atom stereocenters.